The lowest BCUT2D eigenvalue weighted by Gasteiger charge is -2.40. The molecule has 1 aliphatic heterocycles. The van der Waals surface area contributed by atoms with Crippen molar-refractivity contribution in [2.75, 3.05) is 19.7 Å². The number of carbonyl (C=O) groups excluding carboxylic acids is 1. The topological polar surface area (TPSA) is 50.4 Å². The van der Waals surface area contributed by atoms with Gasteiger partial charge in [-0.1, -0.05) is 19.3 Å². The van der Waals surface area contributed by atoms with E-state index in [0.717, 1.165) is 18.9 Å². The van der Waals surface area contributed by atoms with Crippen LogP contribution in [0, 0.1) is 5.92 Å². The van der Waals surface area contributed by atoms with Crippen molar-refractivity contribution < 1.29 is 9.53 Å². The van der Waals surface area contributed by atoms with E-state index in [1.807, 2.05) is 6.92 Å². The Bertz CT molecular complexity index is 303. The summed E-state index contributed by atoms with van der Waals surface area (Å²) < 4.78 is 4.97. The molecule has 1 saturated carbocycles. The van der Waals surface area contributed by atoms with Gasteiger partial charge < -0.3 is 15.4 Å². The van der Waals surface area contributed by atoms with E-state index in [-0.39, 0.29) is 5.97 Å². The zero-order valence-corrected chi connectivity index (χ0v) is 13.5. The third-order valence-corrected chi connectivity index (χ3v) is 4.95. The molecule has 4 heteroatoms. The van der Waals surface area contributed by atoms with Gasteiger partial charge in [-0.2, -0.15) is 0 Å². The molecule has 2 N–H and O–H groups in total. The fourth-order valence-electron chi connectivity index (χ4n) is 3.89. The maximum atomic E-state index is 11.3. The Morgan fingerprint density at radius 1 is 1.19 bits per heavy atom. The van der Waals surface area contributed by atoms with E-state index in [4.69, 9.17) is 4.74 Å². The predicted octanol–water partition coefficient (Wildman–Crippen LogP) is 2.62. The molecule has 2 aliphatic rings. The van der Waals surface area contributed by atoms with Crippen LogP contribution < -0.4 is 10.6 Å². The Morgan fingerprint density at radius 3 is 2.76 bits per heavy atom. The molecular weight excluding hydrogens is 264 g/mol. The van der Waals surface area contributed by atoms with Gasteiger partial charge in [0.25, 0.3) is 0 Å². The Balaban J connectivity index is 1.70. The first-order chi connectivity index (χ1) is 10.3. The van der Waals surface area contributed by atoms with Gasteiger partial charge in [0.15, 0.2) is 0 Å². The first-order valence-electron chi connectivity index (χ1n) is 8.93. The van der Waals surface area contributed by atoms with Gasteiger partial charge in [-0.25, -0.2) is 0 Å². The number of hydrogen-bond donors (Lipinski definition) is 2. The fraction of sp³-hybridized carbons (Fsp3) is 0.941. The molecule has 21 heavy (non-hydrogen) atoms. The van der Waals surface area contributed by atoms with Crippen molar-refractivity contribution in [3.8, 4) is 0 Å². The van der Waals surface area contributed by atoms with Crippen LogP contribution >= 0.6 is 0 Å². The Morgan fingerprint density at radius 2 is 2.00 bits per heavy atom. The molecular formula is C17H32N2O2. The summed E-state index contributed by atoms with van der Waals surface area (Å²) in [4.78, 5) is 11.3. The molecule has 0 spiro atoms. The molecule has 0 aromatic carbocycles. The van der Waals surface area contributed by atoms with Crippen LogP contribution in [0.3, 0.4) is 0 Å². The molecule has 1 aliphatic carbocycles. The Kier molecular flexibility index (Phi) is 7.51. The van der Waals surface area contributed by atoms with Crippen molar-refractivity contribution in [3.05, 3.63) is 0 Å². The number of hydrogen-bond acceptors (Lipinski definition) is 4. The lowest BCUT2D eigenvalue weighted by Crippen LogP contribution is -2.50. The largest absolute Gasteiger partial charge is 0.466 e. The monoisotopic (exact) mass is 296 g/mol. The van der Waals surface area contributed by atoms with Crippen molar-refractivity contribution >= 4 is 5.97 Å². The summed E-state index contributed by atoms with van der Waals surface area (Å²) >= 11 is 0. The maximum Gasteiger partial charge on any atom is 0.305 e. The van der Waals surface area contributed by atoms with Gasteiger partial charge in [0.05, 0.1) is 6.61 Å². The second-order valence-electron chi connectivity index (χ2n) is 6.47. The van der Waals surface area contributed by atoms with Crippen molar-refractivity contribution in [3.63, 3.8) is 0 Å². The summed E-state index contributed by atoms with van der Waals surface area (Å²) in [6.45, 7) is 4.48. The van der Waals surface area contributed by atoms with Gasteiger partial charge >= 0.3 is 5.97 Å². The van der Waals surface area contributed by atoms with E-state index in [0.29, 0.717) is 25.1 Å². The summed E-state index contributed by atoms with van der Waals surface area (Å²) in [5, 5.41) is 7.45. The predicted molar refractivity (Wildman–Crippen MR) is 85.3 cm³/mol. The highest BCUT2D eigenvalue weighted by Crippen LogP contribution is 2.30. The summed E-state index contributed by atoms with van der Waals surface area (Å²) in [6.07, 6.45) is 10.9. The Hall–Kier alpha value is -0.610. The van der Waals surface area contributed by atoms with Crippen LogP contribution in [0.5, 0.6) is 0 Å². The van der Waals surface area contributed by atoms with Crippen molar-refractivity contribution in [1.29, 1.82) is 0 Å². The van der Waals surface area contributed by atoms with Crippen molar-refractivity contribution in [1.82, 2.24) is 10.6 Å². The van der Waals surface area contributed by atoms with Gasteiger partial charge in [-0.15, -0.1) is 0 Å². The number of carbonyl (C=O) groups is 1. The second-order valence-corrected chi connectivity index (χ2v) is 6.47. The number of ether oxygens (including phenoxy) is 1. The maximum absolute atomic E-state index is 11.3. The number of piperidine rings is 1. The molecule has 0 amide bonds. The molecule has 1 heterocycles. The highest BCUT2D eigenvalue weighted by molar-refractivity contribution is 5.69. The van der Waals surface area contributed by atoms with E-state index in [1.54, 1.807) is 0 Å². The van der Waals surface area contributed by atoms with E-state index < -0.39 is 0 Å². The smallest absolute Gasteiger partial charge is 0.305 e. The molecule has 2 rings (SSSR count). The third kappa shape index (κ3) is 5.59. The third-order valence-electron chi connectivity index (χ3n) is 4.95. The number of esters is 1. The van der Waals surface area contributed by atoms with Crippen LogP contribution in [0.4, 0.5) is 0 Å². The highest BCUT2D eigenvalue weighted by Gasteiger charge is 2.31. The van der Waals surface area contributed by atoms with E-state index in [2.05, 4.69) is 10.6 Å². The second kappa shape index (κ2) is 9.42. The summed E-state index contributed by atoms with van der Waals surface area (Å²) in [5.41, 5.74) is 0. The van der Waals surface area contributed by atoms with Crippen LogP contribution in [0.1, 0.15) is 64.7 Å². The zero-order valence-electron chi connectivity index (χ0n) is 13.5. The molecule has 0 bridgehead atoms. The van der Waals surface area contributed by atoms with Crippen LogP contribution in [0.2, 0.25) is 0 Å². The molecule has 3 atom stereocenters. The first kappa shape index (κ1) is 16.8. The fourth-order valence-corrected chi connectivity index (χ4v) is 3.89. The molecule has 0 aromatic heterocycles. The normalized spacial score (nSPS) is 30.0. The van der Waals surface area contributed by atoms with Crippen LogP contribution in [-0.4, -0.2) is 37.7 Å². The molecule has 0 aromatic rings. The van der Waals surface area contributed by atoms with Gasteiger partial charge in [-0.05, 0) is 58.0 Å². The van der Waals surface area contributed by atoms with Gasteiger partial charge in [-0.3, -0.25) is 4.79 Å². The van der Waals surface area contributed by atoms with Gasteiger partial charge in [0.1, 0.15) is 0 Å². The van der Waals surface area contributed by atoms with Crippen LogP contribution in [0.25, 0.3) is 0 Å². The quantitative estimate of drug-likeness (QED) is 0.560. The summed E-state index contributed by atoms with van der Waals surface area (Å²) in [5.74, 6) is 0.718. The Labute approximate surface area is 129 Å². The van der Waals surface area contributed by atoms with E-state index >= 15 is 0 Å². The standard InChI is InChI=1S/C17H32N2O2/c1-2-21-17(20)11-7-13-19-15-9-4-3-8-14(15)16-10-5-6-12-18-16/h14-16,18-19H,2-13H2,1H3. The summed E-state index contributed by atoms with van der Waals surface area (Å²) in [6, 6.07) is 1.35. The molecule has 2 fully saturated rings. The first-order valence-corrected chi connectivity index (χ1v) is 8.93. The lowest BCUT2D eigenvalue weighted by molar-refractivity contribution is -0.143. The summed E-state index contributed by atoms with van der Waals surface area (Å²) in [7, 11) is 0. The minimum absolute atomic E-state index is 0.0616. The molecule has 1 saturated heterocycles. The molecule has 3 unspecified atom stereocenters. The van der Waals surface area contributed by atoms with E-state index in [1.165, 1.54) is 51.5 Å². The number of nitrogens with one attached hydrogen (secondary N) is 2. The van der Waals surface area contributed by atoms with Crippen molar-refractivity contribution in [2.45, 2.75) is 76.8 Å². The van der Waals surface area contributed by atoms with Gasteiger partial charge in [0.2, 0.25) is 0 Å². The van der Waals surface area contributed by atoms with Gasteiger partial charge in [0, 0.05) is 18.5 Å². The van der Waals surface area contributed by atoms with Crippen LogP contribution in [0.15, 0.2) is 0 Å². The molecule has 122 valence electrons. The number of rotatable bonds is 7. The molecule has 4 nitrogen and oxygen atoms in total. The average Bonchev–Trinajstić information content (AvgIpc) is 2.53. The minimum Gasteiger partial charge on any atom is -0.466 e. The van der Waals surface area contributed by atoms with E-state index in [9.17, 15) is 4.79 Å². The SMILES string of the molecule is CCOC(=O)CCCNC1CCCCC1C1CCCCN1. The average molecular weight is 296 g/mol. The van der Waals surface area contributed by atoms with Crippen molar-refractivity contribution in [2.24, 2.45) is 5.92 Å². The zero-order chi connectivity index (χ0) is 14.9. The van der Waals surface area contributed by atoms with Crippen LogP contribution in [-0.2, 0) is 9.53 Å². The molecule has 0 radical (unpaired) electrons. The lowest BCUT2D eigenvalue weighted by atomic mass is 9.77. The minimum atomic E-state index is -0.0616. The highest BCUT2D eigenvalue weighted by atomic mass is 16.5.